The van der Waals surface area contributed by atoms with Crippen LogP contribution in [-0.4, -0.2) is 56.2 Å². The van der Waals surface area contributed by atoms with Crippen LogP contribution in [0.15, 0.2) is 67.1 Å². The average molecular weight is 701 g/mol. The van der Waals surface area contributed by atoms with Crippen LogP contribution in [0.3, 0.4) is 0 Å². The zero-order valence-corrected chi connectivity index (χ0v) is 28.6. The Morgan fingerprint density at radius 2 is 1.41 bits per heavy atom. The van der Waals surface area contributed by atoms with E-state index in [1.807, 2.05) is 36.4 Å². The molecular weight excluding hydrogens is 665 g/mol. The Morgan fingerprint density at radius 1 is 0.816 bits per heavy atom. The van der Waals surface area contributed by atoms with Crippen molar-refractivity contribution in [1.29, 1.82) is 0 Å². The maximum absolute atomic E-state index is 11.5. The van der Waals surface area contributed by atoms with Gasteiger partial charge >= 0.3 is 0 Å². The lowest BCUT2D eigenvalue weighted by atomic mass is 9.98. The summed E-state index contributed by atoms with van der Waals surface area (Å²) in [4.78, 5) is 34.4. The summed E-state index contributed by atoms with van der Waals surface area (Å²) in [7, 11) is 3.11. The van der Waals surface area contributed by atoms with Gasteiger partial charge < -0.3 is 25.2 Å². The number of benzene rings is 2. The molecule has 13 heteroatoms. The van der Waals surface area contributed by atoms with Crippen molar-refractivity contribution in [2.24, 2.45) is 0 Å². The lowest BCUT2D eigenvalue weighted by Gasteiger charge is -2.15. The number of hydrogen-bond acceptors (Lipinski definition) is 10. The van der Waals surface area contributed by atoms with E-state index in [1.54, 1.807) is 37.8 Å². The van der Waals surface area contributed by atoms with Crippen LogP contribution in [0.1, 0.15) is 42.8 Å². The molecule has 49 heavy (non-hydrogen) atoms. The standard InChI is InChI=1S/C36H35Cl2N7O4/c1-48-35-26(12-3-7-21-14-15-32(47)43-21)41-19-27(44-35)24-10-4-8-22(33(24)37)23-9-5-11-25(34(23)38)28-20-42-30(36(45-28)49-2)18-39-17-29-31(46)13-6-16-40-29/h4-6,8-11,13,16,19-21,39,46H,3,7,12,14-15,17-18H2,1-2H3,(H,43,47)/t21-/m1/s1. The van der Waals surface area contributed by atoms with Crippen molar-refractivity contribution in [3.8, 4) is 51.2 Å². The third-order valence-electron chi connectivity index (χ3n) is 8.35. The predicted molar refractivity (Wildman–Crippen MR) is 188 cm³/mol. The highest BCUT2D eigenvalue weighted by molar-refractivity contribution is 6.39. The Bertz CT molecular complexity index is 1980. The lowest BCUT2D eigenvalue weighted by Crippen LogP contribution is -2.25. The van der Waals surface area contributed by atoms with Gasteiger partial charge in [0.2, 0.25) is 17.7 Å². The number of ether oxygens (including phenoxy) is 2. The molecule has 5 aromatic rings. The minimum absolute atomic E-state index is 0.117. The first-order chi connectivity index (χ1) is 23.9. The van der Waals surface area contributed by atoms with E-state index in [0.717, 1.165) is 25.0 Å². The molecule has 11 nitrogen and oxygen atoms in total. The van der Waals surface area contributed by atoms with E-state index in [1.165, 1.54) is 7.11 Å². The molecule has 3 aromatic heterocycles. The third kappa shape index (κ3) is 7.75. The zero-order valence-electron chi connectivity index (χ0n) is 27.0. The summed E-state index contributed by atoms with van der Waals surface area (Å²) in [6.07, 6.45) is 8.85. The van der Waals surface area contributed by atoms with Crippen LogP contribution in [0.4, 0.5) is 0 Å². The molecule has 4 heterocycles. The molecule has 3 N–H and O–H groups in total. The largest absolute Gasteiger partial charge is 0.506 e. The van der Waals surface area contributed by atoms with Gasteiger partial charge in [-0.2, -0.15) is 0 Å². The Kier molecular flexibility index (Phi) is 10.8. The number of nitrogens with one attached hydrogen (secondary N) is 2. The number of carbonyl (C=O) groups is 1. The first-order valence-electron chi connectivity index (χ1n) is 15.9. The number of nitrogens with zero attached hydrogens (tertiary/aromatic N) is 5. The van der Waals surface area contributed by atoms with Crippen molar-refractivity contribution in [3.63, 3.8) is 0 Å². The number of carbonyl (C=O) groups excluding carboxylic acids is 1. The van der Waals surface area contributed by atoms with Gasteiger partial charge in [0.1, 0.15) is 17.1 Å². The van der Waals surface area contributed by atoms with Crippen LogP contribution in [0, 0.1) is 0 Å². The molecule has 1 fully saturated rings. The SMILES string of the molecule is COc1nc(-c2cccc(-c3cccc(-c4cnc(CNCc5ncccc5O)c(OC)n4)c3Cl)c2Cl)cnc1CCC[C@@H]1CCC(=O)N1. The fraction of sp³-hybridized carbons (Fsp3) is 0.278. The van der Waals surface area contributed by atoms with E-state index in [2.05, 4.69) is 25.6 Å². The highest BCUT2D eigenvalue weighted by Gasteiger charge is 2.22. The quantitative estimate of drug-likeness (QED) is 0.123. The van der Waals surface area contributed by atoms with Gasteiger partial charge in [0.15, 0.2) is 0 Å². The Hall–Kier alpha value is -4.84. The average Bonchev–Trinajstić information content (AvgIpc) is 3.54. The molecule has 2 aromatic carbocycles. The fourth-order valence-corrected chi connectivity index (χ4v) is 6.47. The smallest absolute Gasteiger partial charge is 0.237 e. The van der Waals surface area contributed by atoms with Crippen molar-refractivity contribution < 1.29 is 19.4 Å². The molecule has 1 aliphatic heterocycles. The predicted octanol–water partition coefficient (Wildman–Crippen LogP) is 6.58. The Morgan fingerprint density at radius 3 is 2.00 bits per heavy atom. The van der Waals surface area contributed by atoms with Gasteiger partial charge in [-0.3, -0.25) is 19.7 Å². The van der Waals surface area contributed by atoms with Crippen molar-refractivity contribution in [2.75, 3.05) is 14.2 Å². The van der Waals surface area contributed by atoms with Crippen LogP contribution in [0.2, 0.25) is 10.0 Å². The first kappa shape index (κ1) is 34.0. The molecule has 6 rings (SSSR count). The van der Waals surface area contributed by atoms with Gasteiger partial charge in [-0.1, -0.05) is 59.6 Å². The summed E-state index contributed by atoms with van der Waals surface area (Å²) < 4.78 is 11.2. The molecule has 0 radical (unpaired) electrons. The van der Waals surface area contributed by atoms with Crippen LogP contribution >= 0.6 is 23.2 Å². The number of aromatic nitrogens is 5. The van der Waals surface area contributed by atoms with Crippen molar-refractivity contribution in [2.45, 2.75) is 51.2 Å². The Labute approximate surface area is 294 Å². The number of methoxy groups -OCH3 is 2. The summed E-state index contributed by atoms with van der Waals surface area (Å²) in [5.74, 6) is 1.02. The summed E-state index contributed by atoms with van der Waals surface area (Å²) in [5, 5.41) is 17.1. The molecule has 1 atom stereocenters. The monoisotopic (exact) mass is 699 g/mol. The second-order valence-electron chi connectivity index (χ2n) is 11.5. The van der Waals surface area contributed by atoms with Crippen LogP contribution in [0.5, 0.6) is 17.5 Å². The minimum atomic E-state index is 0.117. The van der Waals surface area contributed by atoms with Crippen LogP contribution in [-0.2, 0) is 24.3 Å². The number of rotatable bonds is 13. The van der Waals surface area contributed by atoms with Gasteiger partial charge in [0.05, 0.1) is 53.7 Å². The van der Waals surface area contributed by atoms with Crippen molar-refractivity contribution in [3.05, 3.63) is 94.2 Å². The van der Waals surface area contributed by atoms with Gasteiger partial charge in [0.25, 0.3) is 0 Å². The van der Waals surface area contributed by atoms with E-state index >= 15 is 0 Å². The lowest BCUT2D eigenvalue weighted by molar-refractivity contribution is -0.119. The normalized spacial score (nSPS) is 14.1. The topological polar surface area (TPSA) is 144 Å². The first-order valence-corrected chi connectivity index (χ1v) is 16.6. The van der Waals surface area contributed by atoms with Crippen LogP contribution < -0.4 is 20.1 Å². The molecule has 1 amide bonds. The summed E-state index contributed by atoms with van der Waals surface area (Å²) >= 11 is 14.1. The van der Waals surface area contributed by atoms with E-state index in [4.69, 9.17) is 42.6 Å². The maximum Gasteiger partial charge on any atom is 0.237 e. The molecule has 0 bridgehead atoms. The maximum atomic E-state index is 11.5. The number of aryl methyl sites for hydroxylation is 1. The number of pyridine rings is 1. The number of hydrogen-bond donors (Lipinski definition) is 3. The Balaban J connectivity index is 1.21. The van der Waals surface area contributed by atoms with E-state index in [-0.39, 0.29) is 17.7 Å². The molecular formula is C36H35Cl2N7O4. The van der Waals surface area contributed by atoms with Gasteiger partial charge in [-0.15, -0.1) is 0 Å². The summed E-state index contributed by atoms with van der Waals surface area (Å²) in [5.41, 5.74) is 5.75. The number of aromatic hydroxyl groups is 1. The van der Waals surface area contributed by atoms with Crippen molar-refractivity contribution >= 4 is 29.1 Å². The summed E-state index contributed by atoms with van der Waals surface area (Å²) in [6, 6.07) is 14.8. The van der Waals surface area contributed by atoms with Crippen molar-refractivity contribution in [1.82, 2.24) is 35.6 Å². The molecule has 0 unspecified atom stereocenters. The molecule has 252 valence electrons. The molecule has 1 aliphatic rings. The van der Waals surface area contributed by atoms with E-state index in [9.17, 15) is 9.90 Å². The highest BCUT2D eigenvalue weighted by atomic mass is 35.5. The number of halogens is 2. The van der Waals surface area contributed by atoms with Gasteiger partial charge in [0, 0.05) is 54.0 Å². The molecule has 1 saturated heterocycles. The second-order valence-corrected chi connectivity index (χ2v) is 12.3. The molecule has 0 saturated carbocycles. The fourth-order valence-electron chi connectivity index (χ4n) is 5.82. The van der Waals surface area contributed by atoms with Gasteiger partial charge in [-0.25, -0.2) is 9.97 Å². The summed E-state index contributed by atoms with van der Waals surface area (Å²) in [6.45, 7) is 0.690. The third-order valence-corrected chi connectivity index (χ3v) is 9.17. The number of amides is 1. The highest BCUT2D eigenvalue weighted by Crippen LogP contribution is 2.42. The molecule has 0 aliphatic carbocycles. The van der Waals surface area contributed by atoms with Gasteiger partial charge in [-0.05, 0) is 37.8 Å². The van der Waals surface area contributed by atoms with E-state index in [0.29, 0.717) is 92.8 Å². The minimum Gasteiger partial charge on any atom is -0.506 e. The second kappa shape index (κ2) is 15.6. The van der Waals surface area contributed by atoms with E-state index < -0.39 is 0 Å². The van der Waals surface area contributed by atoms with Crippen LogP contribution in [0.25, 0.3) is 33.6 Å². The zero-order chi connectivity index (χ0) is 34.3. The molecule has 0 spiro atoms.